The van der Waals surface area contributed by atoms with Crippen molar-refractivity contribution in [1.29, 1.82) is 0 Å². The molecule has 0 unspecified atom stereocenters. The fraction of sp³-hybridized carbons (Fsp3) is 1.00. The van der Waals surface area contributed by atoms with Gasteiger partial charge in [0.1, 0.15) is 0 Å². The maximum absolute atomic E-state index is 2.46. The van der Waals surface area contributed by atoms with Crippen LogP contribution in [0.2, 0.25) is 0 Å². The van der Waals surface area contributed by atoms with E-state index in [4.69, 9.17) is 0 Å². The normalized spacial score (nSPS) is 11.6. The summed E-state index contributed by atoms with van der Waals surface area (Å²) in [7, 11) is 9.82. The van der Waals surface area contributed by atoms with Crippen molar-refractivity contribution in [2.75, 3.05) is 54.4 Å². The smallest absolute Gasteiger partial charge is 0.0782 e. The highest BCUT2D eigenvalue weighted by Gasteiger charge is 2.14. The molecule has 0 bridgehead atoms. The van der Waals surface area contributed by atoms with Crippen LogP contribution in [0.15, 0.2) is 0 Å². The summed E-state index contributed by atoms with van der Waals surface area (Å²) in [4.78, 5) is 0. The molecule has 2 nitrogen and oxygen atoms in total. The summed E-state index contributed by atoms with van der Waals surface area (Å²) in [5.41, 5.74) is 0. The molecule has 0 atom stereocenters. The van der Waals surface area contributed by atoms with Crippen molar-refractivity contribution >= 4 is 0 Å². The molecule has 0 aliphatic rings. The number of halogens is 2. The van der Waals surface area contributed by atoms with Crippen molar-refractivity contribution in [3.8, 4) is 0 Å². The number of hydrogen-bond acceptors (Lipinski definition) is 0. The van der Waals surface area contributed by atoms with E-state index in [1.807, 2.05) is 0 Å². The van der Waals surface area contributed by atoms with Gasteiger partial charge in [-0.3, -0.25) is 0 Å². The lowest BCUT2D eigenvalue weighted by Crippen LogP contribution is -3.00. The Bertz CT molecular complexity index is 662. The molecule has 0 saturated heterocycles. The summed E-state index contributed by atoms with van der Waals surface area (Å²) < 4.78 is 2.49. The fourth-order valence-electron chi connectivity index (χ4n) is 9.75. The van der Waals surface area contributed by atoms with Crippen LogP contribution in [0.5, 0.6) is 0 Å². The van der Waals surface area contributed by atoms with Gasteiger partial charge in [-0.05, 0) is 51.4 Å². The van der Waals surface area contributed by atoms with Crippen LogP contribution < -0.4 is 34.0 Å². The molecule has 0 fully saturated rings. The Morgan fingerprint density at radius 3 is 0.359 bits per heavy atom. The topological polar surface area (TPSA) is 0 Å². The first-order valence-corrected chi connectivity index (χ1v) is 29.9. The third kappa shape index (κ3) is 65.0. The van der Waals surface area contributed by atoms with Gasteiger partial charge < -0.3 is 42.9 Å². The molecule has 0 saturated carbocycles. The van der Waals surface area contributed by atoms with Gasteiger partial charge in [0.2, 0.25) is 0 Å². The number of quaternary nitrogens is 2. The maximum atomic E-state index is 2.46. The largest absolute Gasteiger partial charge is 1.00 e. The van der Waals surface area contributed by atoms with E-state index >= 15 is 0 Å². The zero-order valence-electron chi connectivity index (χ0n) is 46.4. The van der Waals surface area contributed by atoms with Gasteiger partial charge in [-0.25, -0.2) is 0 Å². The molecule has 0 aliphatic carbocycles. The van der Waals surface area contributed by atoms with Crippen molar-refractivity contribution in [1.82, 2.24) is 0 Å². The van der Waals surface area contributed by atoms with Crippen molar-refractivity contribution in [3.05, 3.63) is 0 Å². The monoisotopic (exact) mass is 1030 g/mol. The Morgan fingerprint density at radius 1 is 0.156 bits per heavy atom. The van der Waals surface area contributed by atoms with Gasteiger partial charge >= 0.3 is 0 Å². The first kappa shape index (κ1) is 71.4. The Balaban J connectivity index is -0.000000545. The molecule has 0 N–H and O–H groups in total. The molecule has 0 spiro atoms. The first-order chi connectivity index (χ1) is 30.2. The quantitative estimate of drug-likeness (QED) is 0.0421. The van der Waals surface area contributed by atoms with Gasteiger partial charge in [-0.15, -0.1) is 0 Å². The van der Waals surface area contributed by atoms with Crippen LogP contribution in [0, 0.1) is 0 Å². The lowest BCUT2D eigenvalue weighted by atomic mass is 10.0. The second-order valence-corrected chi connectivity index (χ2v) is 22.3. The summed E-state index contributed by atoms with van der Waals surface area (Å²) in [6.07, 6.45) is 69.9. The van der Waals surface area contributed by atoms with E-state index in [-0.39, 0.29) is 34.0 Å². The van der Waals surface area contributed by atoms with E-state index in [9.17, 15) is 0 Å². The van der Waals surface area contributed by atoms with Crippen LogP contribution in [0.25, 0.3) is 0 Å². The molecule has 0 rings (SSSR count). The average molecular weight is 1040 g/mol. The van der Waals surface area contributed by atoms with E-state index in [0.29, 0.717) is 0 Å². The van der Waals surface area contributed by atoms with Gasteiger partial charge in [0.05, 0.1) is 54.4 Å². The molecule has 0 radical (unpaired) electrons. The predicted molar refractivity (Wildman–Crippen MR) is 288 cm³/mol. The standard InChI is InChI=1S/2C30H64N.2BrH/c2*1-5-7-9-11-13-15-17-19-21-23-25-27-29-31(3,4)30-28-26-24-22-20-18-16-14-12-10-8-6-2;;/h2*5-30H2,1-4H3;2*1H/q2*+1;;/p-2. The van der Waals surface area contributed by atoms with E-state index in [0.717, 1.165) is 0 Å². The fourth-order valence-corrected chi connectivity index (χ4v) is 9.75. The summed E-state index contributed by atoms with van der Waals surface area (Å²) in [6, 6.07) is 0. The second kappa shape index (κ2) is 60.0. The zero-order chi connectivity index (χ0) is 45.8. The van der Waals surface area contributed by atoms with Crippen LogP contribution in [0.3, 0.4) is 0 Å². The van der Waals surface area contributed by atoms with E-state index in [1.54, 1.807) is 0 Å². The van der Waals surface area contributed by atoms with Gasteiger partial charge in [0, 0.05) is 0 Å². The molecule has 64 heavy (non-hydrogen) atoms. The third-order valence-corrected chi connectivity index (χ3v) is 14.5. The summed E-state index contributed by atoms with van der Waals surface area (Å²) in [6.45, 7) is 14.8. The molecule has 4 heteroatoms. The van der Waals surface area contributed by atoms with Crippen LogP contribution in [-0.4, -0.2) is 63.3 Å². The minimum Gasteiger partial charge on any atom is -1.00 e. The van der Waals surface area contributed by atoms with Crippen LogP contribution in [-0.2, 0) is 0 Å². The molecule has 0 aromatic carbocycles. The van der Waals surface area contributed by atoms with Crippen LogP contribution >= 0.6 is 0 Å². The summed E-state index contributed by atoms with van der Waals surface area (Å²) in [5.74, 6) is 0. The van der Waals surface area contributed by atoms with Gasteiger partial charge in [-0.1, -0.05) is 285 Å². The number of nitrogens with zero attached hydrogens (tertiary/aromatic N) is 2. The van der Waals surface area contributed by atoms with Crippen molar-refractivity contribution in [2.45, 2.75) is 336 Å². The van der Waals surface area contributed by atoms with Gasteiger partial charge in [-0.2, -0.15) is 0 Å². The highest BCUT2D eigenvalue weighted by Crippen LogP contribution is 2.17. The second-order valence-electron chi connectivity index (χ2n) is 22.3. The van der Waals surface area contributed by atoms with Crippen LogP contribution in [0.1, 0.15) is 336 Å². The van der Waals surface area contributed by atoms with Gasteiger partial charge in [0.25, 0.3) is 0 Å². The highest BCUT2D eigenvalue weighted by molar-refractivity contribution is 4.53. The number of rotatable bonds is 52. The average Bonchev–Trinajstić information content (AvgIpc) is 3.25. The molecule has 0 aromatic heterocycles. The maximum Gasteiger partial charge on any atom is 0.0782 e. The third-order valence-electron chi connectivity index (χ3n) is 14.5. The molecular formula is C60H128Br2N2. The Morgan fingerprint density at radius 2 is 0.250 bits per heavy atom. The Kier molecular flexibility index (Phi) is 67.0. The summed E-state index contributed by atoms with van der Waals surface area (Å²) >= 11 is 0. The van der Waals surface area contributed by atoms with Crippen molar-refractivity contribution in [3.63, 3.8) is 0 Å². The Labute approximate surface area is 430 Å². The van der Waals surface area contributed by atoms with E-state index in [2.05, 4.69) is 55.9 Å². The zero-order valence-corrected chi connectivity index (χ0v) is 49.6. The highest BCUT2D eigenvalue weighted by atomic mass is 79.9. The number of hydrogen-bond donors (Lipinski definition) is 0. The minimum absolute atomic E-state index is 0. The molecule has 0 heterocycles. The first-order valence-electron chi connectivity index (χ1n) is 29.9. The SMILES string of the molecule is CCCCCCCCCCCCCC[N+](C)(C)CCCCCCCCCCCCCC.CCCCCCCCCCCCCC[N+](C)(C)CCCCCCCCCCCCCC.[Br-].[Br-]. The molecule has 0 aliphatic heterocycles. The Hall–Kier alpha value is 0.880. The van der Waals surface area contributed by atoms with E-state index < -0.39 is 0 Å². The van der Waals surface area contributed by atoms with Crippen molar-refractivity contribution < 1.29 is 42.9 Å². The van der Waals surface area contributed by atoms with Gasteiger partial charge in [0.15, 0.2) is 0 Å². The predicted octanol–water partition coefficient (Wildman–Crippen LogP) is 14.9. The molecule has 0 aromatic rings. The lowest BCUT2D eigenvalue weighted by Gasteiger charge is -2.30. The van der Waals surface area contributed by atoms with E-state index in [1.165, 1.54) is 343 Å². The lowest BCUT2D eigenvalue weighted by molar-refractivity contribution is -0.890. The van der Waals surface area contributed by atoms with Crippen molar-refractivity contribution in [2.24, 2.45) is 0 Å². The minimum atomic E-state index is 0. The molecule has 392 valence electrons. The number of unbranched alkanes of at least 4 members (excludes halogenated alkanes) is 44. The summed E-state index contributed by atoms with van der Waals surface area (Å²) in [5, 5.41) is 0. The molecule has 0 amide bonds. The van der Waals surface area contributed by atoms with Crippen LogP contribution in [0.4, 0.5) is 0 Å². The molecular weight excluding hydrogens is 908 g/mol.